The van der Waals surface area contributed by atoms with Gasteiger partial charge in [0.05, 0.1) is 12.1 Å². The number of likely N-dealkylation sites (N-methyl/N-ethyl adjacent to an activating group) is 1. The predicted molar refractivity (Wildman–Crippen MR) is 72.0 cm³/mol. The second-order valence-electron chi connectivity index (χ2n) is 5.20. The van der Waals surface area contributed by atoms with Crippen LogP contribution in [0, 0.1) is 0 Å². The minimum Gasteiger partial charge on any atom is -0.405 e. The van der Waals surface area contributed by atoms with E-state index in [1.54, 1.807) is 6.07 Å². The van der Waals surface area contributed by atoms with Crippen LogP contribution in [0.3, 0.4) is 0 Å². The molecule has 0 radical (unpaired) electrons. The summed E-state index contributed by atoms with van der Waals surface area (Å²) in [6, 6.07) is 5.17. The molecule has 0 saturated carbocycles. The first-order valence-electron chi connectivity index (χ1n) is 6.76. The number of nitrogens with zero attached hydrogens (tertiary/aromatic N) is 1. The van der Waals surface area contributed by atoms with Gasteiger partial charge in [-0.3, -0.25) is 4.79 Å². The predicted octanol–water partition coefficient (Wildman–Crippen LogP) is 1.27. The Bertz CT molecular complexity index is 536. The monoisotopic (exact) mass is 318 g/mol. The Morgan fingerprint density at radius 1 is 1.45 bits per heavy atom. The summed E-state index contributed by atoms with van der Waals surface area (Å²) in [5.74, 6) is -0.604. The van der Waals surface area contributed by atoms with Gasteiger partial charge in [-0.25, -0.2) is 0 Å². The van der Waals surface area contributed by atoms with Crippen LogP contribution < -0.4 is 10.1 Å². The van der Waals surface area contributed by atoms with E-state index in [0.717, 1.165) is 0 Å². The quantitative estimate of drug-likeness (QED) is 0.878. The van der Waals surface area contributed by atoms with Crippen LogP contribution in [0.4, 0.5) is 13.2 Å². The summed E-state index contributed by atoms with van der Waals surface area (Å²) in [5, 5.41) is 12.3. The molecule has 122 valence electrons. The Labute approximate surface area is 125 Å². The summed E-state index contributed by atoms with van der Waals surface area (Å²) in [7, 11) is 1.50. The van der Waals surface area contributed by atoms with Crippen LogP contribution in [-0.2, 0) is 11.3 Å². The van der Waals surface area contributed by atoms with E-state index in [0.29, 0.717) is 13.0 Å². The maximum Gasteiger partial charge on any atom is 0.573 e. The van der Waals surface area contributed by atoms with Crippen molar-refractivity contribution in [2.45, 2.75) is 31.5 Å². The number of halogens is 3. The van der Waals surface area contributed by atoms with Crippen LogP contribution in [0.25, 0.3) is 0 Å². The number of aliphatic hydroxyl groups excluding tert-OH is 1. The number of ether oxygens (including phenoxy) is 1. The Hall–Kier alpha value is -1.80. The van der Waals surface area contributed by atoms with Crippen molar-refractivity contribution in [2.24, 2.45) is 0 Å². The number of alkyl halides is 3. The maximum absolute atomic E-state index is 12.4. The van der Waals surface area contributed by atoms with Crippen molar-refractivity contribution >= 4 is 5.91 Å². The molecule has 1 amide bonds. The SMILES string of the molecule is CN(Cc1ccccc1OC(F)(F)F)C(=O)[C@@H]1C[C@@H](O)CN1. The molecule has 0 unspecified atom stereocenters. The van der Waals surface area contributed by atoms with Gasteiger partial charge >= 0.3 is 6.36 Å². The van der Waals surface area contributed by atoms with E-state index >= 15 is 0 Å². The fourth-order valence-electron chi connectivity index (χ4n) is 2.36. The third kappa shape index (κ3) is 4.35. The largest absolute Gasteiger partial charge is 0.573 e. The van der Waals surface area contributed by atoms with Gasteiger partial charge < -0.3 is 20.1 Å². The minimum absolute atomic E-state index is 0.0145. The van der Waals surface area contributed by atoms with E-state index < -0.39 is 18.5 Å². The average Bonchev–Trinajstić information content (AvgIpc) is 2.85. The molecule has 8 heteroatoms. The third-order valence-electron chi connectivity index (χ3n) is 3.39. The third-order valence-corrected chi connectivity index (χ3v) is 3.39. The fourth-order valence-corrected chi connectivity index (χ4v) is 2.36. The molecule has 0 aliphatic carbocycles. The smallest absolute Gasteiger partial charge is 0.405 e. The number of hydrogen-bond acceptors (Lipinski definition) is 4. The number of para-hydroxylation sites is 1. The highest BCUT2D eigenvalue weighted by Gasteiger charge is 2.33. The van der Waals surface area contributed by atoms with Gasteiger partial charge in [0.2, 0.25) is 5.91 Å². The van der Waals surface area contributed by atoms with Crippen LogP contribution >= 0.6 is 0 Å². The second kappa shape index (κ2) is 6.53. The number of rotatable bonds is 4. The summed E-state index contributed by atoms with van der Waals surface area (Å²) in [6.07, 6.45) is -5.07. The van der Waals surface area contributed by atoms with E-state index in [1.165, 1.54) is 30.1 Å². The van der Waals surface area contributed by atoms with Crippen molar-refractivity contribution in [3.63, 3.8) is 0 Å². The molecule has 1 aliphatic heterocycles. The van der Waals surface area contributed by atoms with E-state index in [-0.39, 0.29) is 23.8 Å². The number of carbonyl (C=O) groups excluding carboxylic acids is 1. The molecule has 0 aromatic heterocycles. The Balaban J connectivity index is 2.05. The van der Waals surface area contributed by atoms with Crippen molar-refractivity contribution in [3.05, 3.63) is 29.8 Å². The molecule has 1 fully saturated rings. The van der Waals surface area contributed by atoms with Crippen molar-refractivity contribution in [1.82, 2.24) is 10.2 Å². The molecular weight excluding hydrogens is 301 g/mol. The summed E-state index contributed by atoms with van der Waals surface area (Å²) >= 11 is 0. The Morgan fingerprint density at radius 2 is 2.14 bits per heavy atom. The number of carbonyl (C=O) groups is 1. The highest BCUT2D eigenvalue weighted by atomic mass is 19.4. The summed E-state index contributed by atoms with van der Waals surface area (Å²) in [6.45, 7) is 0.317. The molecule has 5 nitrogen and oxygen atoms in total. The highest BCUT2D eigenvalue weighted by molar-refractivity contribution is 5.82. The number of benzene rings is 1. The van der Waals surface area contributed by atoms with Crippen molar-refractivity contribution in [3.8, 4) is 5.75 Å². The van der Waals surface area contributed by atoms with Crippen LogP contribution in [0.2, 0.25) is 0 Å². The molecule has 1 heterocycles. The fraction of sp³-hybridized carbons (Fsp3) is 0.500. The van der Waals surface area contributed by atoms with E-state index in [2.05, 4.69) is 10.1 Å². The zero-order valence-corrected chi connectivity index (χ0v) is 11.9. The topological polar surface area (TPSA) is 61.8 Å². The van der Waals surface area contributed by atoms with Gasteiger partial charge in [-0.15, -0.1) is 13.2 Å². The van der Waals surface area contributed by atoms with Crippen molar-refractivity contribution in [2.75, 3.05) is 13.6 Å². The molecule has 0 spiro atoms. The van der Waals surface area contributed by atoms with Gasteiger partial charge in [0.1, 0.15) is 5.75 Å². The Kier molecular flexibility index (Phi) is 4.92. The van der Waals surface area contributed by atoms with Crippen LogP contribution in [0.15, 0.2) is 24.3 Å². The number of β-amino-alcohol motifs (C(OH)–C–C–N with tert-alkyl or cyclic N) is 1. The number of hydrogen-bond donors (Lipinski definition) is 2. The van der Waals surface area contributed by atoms with E-state index in [4.69, 9.17) is 0 Å². The van der Waals surface area contributed by atoms with Gasteiger partial charge in [0.15, 0.2) is 0 Å². The normalized spacial score (nSPS) is 21.7. The minimum atomic E-state index is -4.78. The van der Waals surface area contributed by atoms with E-state index in [1.807, 2.05) is 0 Å². The molecule has 22 heavy (non-hydrogen) atoms. The first kappa shape index (κ1) is 16.6. The van der Waals surface area contributed by atoms with E-state index in [9.17, 15) is 23.1 Å². The molecule has 2 rings (SSSR count). The first-order valence-corrected chi connectivity index (χ1v) is 6.76. The second-order valence-corrected chi connectivity index (χ2v) is 5.20. The average molecular weight is 318 g/mol. The number of aliphatic hydroxyl groups is 1. The van der Waals surface area contributed by atoms with Crippen LogP contribution in [0.5, 0.6) is 5.75 Å². The highest BCUT2D eigenvalue weighted by Crippen LogP contribution is 2.27. The van der Waals surface area contributed by atoms with Gasteiger partial charge in [-0.1, -0.05) is 18.2 Å². The number of nitrogens with one attached hydrogen (secondary N) is 1. The lowest BCUT2D eigenvalue weighted by atomic mass is 10.1. The van der Waals surface area contributed by atoms with Crippen LogP contribution in [-0.4, -0.2) is 48.0 Å². The zero-order valence-electron chi connectivity index (χ0n) is 11.9. The first-order chi connectivity index (χ1) is 10.3. The summed E-state index contributed by atoms with van der Waals surface area (Å²) in [5.41, 5.74) is 0.259. The van der Waals surface area contributed by atoms with Crippen molar-refractivity contribution in [1.29, 1.82) is 0 Å². The maximum atomic E-state index is 12.4. The molecule has 1 saturated heterocycles. The Morgan fingerprint density at radius 3 is 2.73 bits per heavy atom. The van der Waals surface area contributed by atoms with Gasteiger partial charge in [0, 0.05) is 25.7 Å². The molecule has 1 aromatic carbocycles. The number of amides is 1. The van der Waals surface area contributed by atoms with Crippen molar-refractivity contribution < 1.29 is 27.8 Å². The molecule has 1 aromatic rings. The standard InChI is InChI=1S/C14H17F3N2O3/c1-19(13(21)11-6-10(20)7-18-11)8-9-4-2-3-5-12(9)22-14(15,16)17/h2-5,10-11,18,20H,6-8H2,1H3/t10-,11+/m1/s1. The molecule has 2 N–H and O–H groups in total. The van der Waals surface area contributed by atoms with Gasteiger partial charge in [0.25, 0.3) is 0 Å². The molecule has 0 bridgehead atoms. The zero-order chi connectivity index (χ0) is 16.3. The van der Waals surface area contributed by atoms with Gasteiger partial charge in [-0.2, -0.15) is 0 Å². The molecule has 2 atom stereocenters. The lowest BCUT2D eigenvalue weighted by molar-refractivity contribution is -0.275. The van der Waals surface area contributed by atoms with Crippen LogP contribution in [0.1, 0.15) is 12.0 Å². The molecular formula is C14H17F3N2O3. The lowest BCUT2D eigenvalue weighted by Gasteiger charge is -2.22. The summed E-state index contributed by atoms with van der Waals surface area (Å²) in [4.78, 5) is 13.5. The van der Waals surface area contributed by atoms with Gasteiger partial charge in [-0.05, 0) is 12.5 Å². The lowest BCUT2D eigenvalue weighted by Crippen LogP contribution is -2.41. The summed E-state index contributed by atoms with van der Waals surface area (Å²) < 4.78 is 41.1. The molecule has 1 aliphatic rings.